The van der Waals surface area contributed by atoms with E-state index in [-0.39, 0.29) is 18.0 Å². The third-order valence-electron chi connectivity index (χ3n) is 4.52. The quantitative estimate of drug-likeness (QED) is 0.678. The minimum Gasteiger partial charge on any atom is -0.497 e. The van der Waals surface area contributed by atoms with Crippen molar-refractivity contribution in [3.8, 4) is 5.75 Å². The highest BCUT2D eigenvalue weighted by atomic mass is 16.6. The largest absolute Gasteiger partial charge is 0.497 e. The first-order valence-corrected chi connectivity index (χ1v) is 7.55. The average Bonchev–Trinajstić information content (AvgIpc) is 2.85. The summed E-state index contributed by atoms with van der Waals surface area (Å²) in [7, 11) is 1.58. The van der Waals surface area contributed by atoms with Crippen LogP contribution in [0.3, 0.4) is 0 Å². The molecule has 1 aliphatic heterocycles. The fourth-order valence-electron chi connectivity index (χ4n) is 3.40. The number of anilines is 1. The number of hydrogen-bond donors (Lipinski definition) is 1. The molecule has 0 atom stereocenters. The number of fused-ring (bicyclic) bond motifs is 4. The minimum atomic E-state index is -0.408. The number of carbonyl (C=O) groups excluding carboxylic acids is 1. The van der Waals surface area contributed by atoms with Gasteiger partial charge < -0.3 is 10.1 Å². The van der Waals surface area contributed by atoms with E-state index in [4.69, 9.17) is 4.74 Å². The number of methoxy groups -OCH3 is 1. The van der Waals surface area contributed by atoms with E-state index in [1.807, 2.05) is 12.1 Å². The minimum absolute atomic E-state index is 0.0436. The molecule has 0 saturated heterocycles. The summed E-state index contributed by atoms with van der Waals surface area (Å²) in [5.74, 6) is 0.540. The Hall–Kier alpha value is -3.15. The third-order valence-corrected chi connectivity index (χ3v) is 4.52. The van der Waals surface area contributed by atoms with Gasteiger partial charge in [0.1, 0.15) is 5.75 Å². The van der Waals surface area contributed by atoms with E-state index in [1.54, 1.807) is 25.3 Å². The number of allylic oxidation sites excluding steroid dienone is 1. The number of rotatable bonds is 2. The monoisotopic (exact) mass is 322 g/mol. The van der Waals surface area contributed by atoms with Crippen molar-refractivity contribution in [1.29, 1.82) is 0 Å². The molecule has 0 radical (unpaired) electrons. The molecule has 0 unspecified atom stereocenters. The van der Waals surface area contributed by atoms with Gasteiger partial charge in [-0.3, -0.25) is 14.9 Å². The summed E-state index contributed by atoms with van der Waals surface area (Å²) < 4.78 is 5.23. The van der Waals surface area contributed by atoms with Crippen molar-refractivity contribution in [1.82, 2.24) is 0 Å². The van der Waals surface area contributed by atoms with Gasteiger partial charge in [-0.15, -0.1) is 0 Å². The maximum atomic E-state index is 12.3. The van der Waals surface area contributed by atoms with E-state index in [9.17, 15) is 14.9 Å². The molecule has 1 N–H and O–H groups in total. The first kappa shape index (κ1) is 14.4. The highest BCUT2D eigenvalue weighted by Crippen LogP contribution is 2.45. The van der Waals surface area contributed by atoms with Crippen LogP contribution >= 0.6 is 0 Å². The lowest BCUT2D eigenvalue weighted by atomic mass is 9.98. The van der Waals surface area contributed by atoms with Gasteiger partial charge in [-0.2, -0.15) is 0 Å². The number of nitro benzene ring substituents is 1. The van der Waals surface area contributed by atoms with Gasteiger partial charge in [0.05, 0.1) is 24.1 Å². The summed E-state index contributed by atoms with van der Waals surface area (Å²) in [6, 6.07) is 10.4. The molecule has 2 aliphatic rings. The number of ether oxygens (including phenoxy) is 1. The zero-order valence-corrected chi connectivity index (χ0v) is 13.0. The van der Waals surface area contributed by atoms with Crippen molar-refractivity contribution in [3.05, 3.63) is 63.2 Å². The fourth-order valence-corrected chi connectivity index (χ4v) is 3.40. The molecule has 0 saturated carbocycles. The van der Waals surface area contributed by atoms with E-state index in [1.165, 1.54) is 6.07 Å². The van der Waals surface area contributed by atoms with Gasteiger partial charge in [-0.1, -0.05) is 6.07 Å². The SMILES string of the molecule is COc1ccc2c(c1)NC(=O)CC1=C2Cc2ccc([N+](=O)[O-])cc21. The van der Waals surface area contributed by atoms with E-state index in [2.05, 4.69) is 5.32 Å². The number of non-ortho nitro benzene ring substituents is 1. The zero-order chi connectivity index (χ0) is 16.8. The molecule has 24 heavy (non-hydrogen) atoms. The van der Waals surface area contributed by atoms with Crippen LogP contribution in [-0.4, -0.2) is 17.9 Å². The smallest absolute Gasteiger partial charge is 0.270 e. The summed E-state index contributed by atoms with van der Waals surface area (Å²) >= 11 is 0. The van der Waals surface area contributed by atoms with E-state index in [0.29, 0.717) is 17.9 Å². The summed E-state index contributed by atoms with van der Waals surface area (Å²) in [5.41, 5.74) is 5.43. The predicted molar refractivity (Wildman–Crippen MR) is 89.9 cm³/mol. The van der Waals surface area contributed by atoms with Crippen molar-refractivity contribution >= 4 is 28.4 Å². The van der Waals surface area contributed by atoms with Crippen LogP contribution in [0, 0.1) is 10.1 Å². The molecule has 4 rings (SSSR count). The lowest BCUT2D eigenvalue weighted by molar-refractivity contribution is -0.384. The van der Waals surface area contributed by atoms with Gasteiger partial charge in [0.15, 0.2) is 0 Å². The van der Waals surface area contributed by atoms with Gasteiger partial charge >= 0.3 is 0 Å². The van der Waals surface area contributed by atoms with Gasteiger partial charge in [-0.25, -0.2) is 0 Å². The molecule has 6 nitrogen and oxygen atoms in total. The van der Waals surface area contributed by atoms with Gasteiger partial charge in [-0.05, 0) is 40.8 Å². The standard InChI is InChI=1S/C18H14N2O4/c1-24-12-4-5-13-15-6-10-2-3-11(20(22)23)7-14(10)16(15)9-18(21)19-17(13)8-12/h2-5,7-8H,6,9H2,1H3,(H,19,21). The number of nitro groups is 1. The third kappa shape index (κ3) is 2.15. The second-order valence-electron chi connectivity index (χ2n) is 5.87. The first-order chi connectivity index (χ1) is 11.6. The first-order valence-electron chi connectivity index (χ1n) is 7.55. The molecule has 0 fully saturated rings. The lowest BCUT2D eigenvalue weighted by Crippen LogP contribution is -2.11. The Morgan fingerprint density at radius 2 is 1.88 bits per heavy atom. The molecular formula is C18H14N2O4. The van der Waals surface area contributed by atoms with Crippen LogP contribution in [0.4, 0.5) is 11.4 Å². The Balaban J connectivity index is 1.90. The summed E-state index contributed by atoms with van der Waals surface area (Å²) in [6.45, 7) is 0. The molecule has 0 spiro atoms. The molecule has 120 valence electrons. The molecule has 2 aromatic carbocycles. The molecule has 1 aliphatic carbocycles. The van der Waals surface area contributed by atoms with Crippen molar-refractivity contribution in [2.24, 2.45) is 0 Å². The number of benzene rings is 2. The topological polar surface area (TPSA) is 81.5 Å². The van der Waals surface area contributed by atoms with Crippen LogP contribution in [-0.2, 0) is 11.2 Å². The van der Waals surface area contributed by atoms with Gasteiger partial charge in [0.2, 0.25) is 5.91 Å². The van der Waals surface area contributed by atoms with Gasteiger partial charge in [0, 0.05) is 23.8 Å². The maximum Gasteiger partial charge on any atom is 0.270 e. The molecule has 6 heteroatoms. The van der Waals surface area contributed by atoms with Gasteiger partial charge in [0.25, 0.3) is 5.69 Å². The number of amides is 1. The maximum absolute atomic E-state index is 12.3. The highest BCUT2D eigenvalue weighted by molar-refractivity contribution is 6.12. The van der Waals surface area contributed by atoms with Crippen LogP contribution < -0.4 is 10.1 Å². The van der Waals surface area contributed by atoms with E-state index < -0.39 is 4.92 Å². The number of carbonyl (C=O) groups is 1. The van der Waals surface area contributed by atoms with Crippen molar-refractivity contribution < 1.29 is 14.5 Å². The summed E-state index contributed by atoms with van der Waals surface area (Å²) in [5, 5.41) is 14.0. The fraction of sp³-hybridized carbons (Fsp3) is 0.167. The molecule has 2 aromatic rings. The number of nitrogens with zero attached hydrogens (tertiary/aromatic N) is 1. The Morgan fingerprint density at radius 1 is 1.08 bits per heavy atom. The van der Waals surface area contributed by atoms with Crippen LogP contribution in [0.15, 0.2) is 36.4 Å². The van der Waals surface area contributed by atoms with Crippen LogP contribution in [0.2, 0.25) is 0 Å². The van der Waals surface area contributed by atoms with Crippen LogP contribution in [0.1, 0.15) is 23.1 Å². The number of hydrogen-bond acceptors (Lipinski definition) is 4. The van der Waals surface area contributed by atoms with Crippen molar-refractivity contribution in [3.63, 3.8) is 0 Å². The van der Waals surface area contributed by atoms with Crippen molar-refractivity contribution in [2.75, 3.05) is 12.4 Å². The van der Waals surface area contributed by atoms with E-state index in [0.717, 1.165) is 27.8 Å². The Labute approximate surface area is 137 Å². The molecule has 0 aromatic heterocycles. The Kier molecular flexibility index (Phi) is 3.13. The molecule has 1 amide bonds. The lowest BCUT2D eigenvalue weighted by Gasteiger charge is -2.11. The second kappa shape index (κ2) is 5.19. The normalized spacial score (nSPS) is 15.1. The van der Waals surface area contributed by atoms with E-state index >= 15 is 0 Å². The molecule has 1 heterocycles. The zero-order valence-electron chi connectivity index (χ0n) is 13.0. The van der Waals surface area contributed by atoms with Crippen molar-refractivity contribution in [2.45, 2.75) is 12.8 Å². The average molecular weight is 322 g/mol. The predicted octanol–water partition coefficient (Wildman–Crippen LogP) is 3.41. The summed E-state index contributed by atoms with van der Waals surface area (Å²) in [4.78, 5) is 22.9. The van der Waals surface area contributed by atoms with Crippen LogP contribution in [0.25, 0.3) is 11.1 Å². The second-order valence-corrected chi connectivity index (χ2v) is 5.87. The Bertz CT molecular complexity index is 931. The molecule has 0 bridgehead atoms. The van der Waals surface area contributed by atoms with Crippen LogP contribution in [0.5, 0.6) is 5.75 Å². The Morgan fingerprint density at radius 3 is 2.62 bits per heavy atom. The summed E-state index contributed by atoms with van der Waals surface area (Å²) in [6.07, 6.45) is 0.872. The number of nitrogens with one attached hydrogen (secondary N) is 1. The highest BCUT2D eigenvalue weighted by Gasteiger charge is 2.30. The molecular weight excluding hydrogens is 308 g/mol.